The number of carbonyl (C=O) groups excluding carboxylic acids is 3. The largest absolute Gasteiger partial charge is 0.466 e. The molecule has 4 aromatic rings. The monoisotopic (exact) mass is 548 g/mol. The van der Waals surface area contributed by atoms with Crippen LogP contribution in [-0.2, 0) is 32.5 Å². The van der Waals surface area contributed by atoms with Crippen molar-refractivity contribution in [2.75, 3.05) is 6.61 Å². The van der Waals surface area contributed by atoms with E-state index in [1.165, 1.54) is 30.5 Å². The number of carbonyl (C=O) groups is 3. The number of sulfonamides is 1. The maximum Gasteiger partial charge on any atom is 0.289 e. The molecule has 0 atom stereocenters. The van der Waals surface area contributed by atoms with Crippen LogP contribution in [0.15, 0.2) is 78.0 Å². The number of primary amides is 1. The molecule has 2 aromatic heterocycles. The van der Waals surface area contributed by atoms with Crippen molar-refractivity contribution in [3.63, 3.8) is 0 Å². The van der Waals surface area contributed by atoms with Crippen LogP contribution in [0.4, 0.5) is 0 Å². The van der Waals surface area contributed by atoms with E-state index >= 15 is 0 Å². The molecule has 0 spiro atoms. The highest BCUT2D eigenvalue weighted by molar-refractivity contribution is 7.90. The van der Waals surface area contributed by atoms with E-state index in [1.54, 1.807) is 16.7 Å². The highest BCUT2D eigenvalue weighted by atomic mass is 32.2. The van der Waals surface area contributed by atoms with Crippen molar-refractivity contribution < 1.29 is 27.5 Å². The van der Waals surface area contributed by atoms with Crippen LogP contribution in [0.5, 0.6) is 5.88 Å². The molecule has 2 heterocycles. The number of ketones is 1. The fraction of sp³-hybridized carbons (Fsp3) is 0.214. The summed E-state index contributed by atoms with van der Waals surface area (Å²) in [6, 6.07) is 17.0. The summed E-state index contributed by atoms with van der Waals surface area (Å²) < 4.78 is 34.3. The standard InChI is InChI=1S/C28H28N4O6S/c1-18(2)15-21-22(16-19-9-5-3-6-10-19)32-14-13-30-28(25(32)24(21)26(34)27(29)35)38-17-23(33)31-39(36,37)20-11-7-4-8-12-20/h3-14,18H,15-17H2,1-2H3,(H2,29,35)(H,31,33). The Bertz CT molecular complexity index is 1630. The van der Waals surface area contributed by atoms with Crippen LogP contribution in [0.2, 0.25) is 0 Å². The Labute approximate surface area is 225 Å². The molecule has 0 saturated heterocycles. The predicted molar refractivity (Wildman–Crippen MR) is 144 cm³/mol. The van der Waals surface area contributed by atoms with Crippen molar-refractivity contribution in [1.82, 2.24) is 14.1 Å². The molecule has 10 nitrogen and oxygen atoms in total. The number of aromatic nitrogens is 2. The lowest BCUT2D eigenvalue weighted by molar-refractivity contribution is -0.121. The lowest BCUT2D eigenvalue weighted by atomic mass is 9.94. The van der Waals surface area contributed by atoms with Gasteiger partial charge in [0, 0.05) is 24.5 Å². The average molecular weight is 549 g/mol. The van der Waals surface area contributed by atoms with E-state index in [9.17, 15) is 22.8 Å². The van der Waals surface area contributed by atoms with Gasteiger partial charge in [0.25, 0.3) is 27.6 Å². The second-order valence-electron chi connectivity index (χ2n) is 9.34. The zero-order chi connectivity index (χ0) is 28.2. The molecule has 0 aliphatic carbocycles. The summed E-state index contributed by atoms with van der Waals surface area (Å²) in [5.41, 5.74) is 8.02. The molecule has 0 fully saturated rings. The summed E-state index contributed by atoms with van der Waals surface area (Å²) in [6.07, 6.45) is 3.98. The van der Waals surface area contributed by atoms with Crippen LogP contribution < -0.4 is 15.2 Å². The SMILES string of the molecule is CC(C)Cc1c(C(=O)C(N)=O)c2c(OCC(=O)NS(=O)(=O)c3ccccc3)nccn2c1Cc1ccccc1. The molecular weight excluding hydrogens is 520 g/mol. The van der Waals surface area contributed by atoms with Crippen molar-refractivity contribution in [3.8, 4) is 5.88 Å². The van der Waals surface area contributed by atoms with Crippen molar-refractivity contribution >= 4 is 33.1 Å². The average Bonchev–Trinajstić information content (AvgIpc) is 3.20. The molecule has 202 valence electrons. The van der Waals surface area contributed by atoms with Gasteiger partial charge in [-0.2, -0.15) is 0 Å². The van der Waals surface area contributed by atoms with Gasteiger partial charge in [-0.1, -0.05) is 62.4 Å². The molecular formula is C28H28N4O6S. The molecule has 4 rings (SSSR count). The fourth-order valence-electron chi connectivity index (χ4n) is 4.35. The van der Waals surface area contributed by atoms with Gasteiger partial charge in [0.2, 0.25) is 5.88 Å². The molecule has 0 aliphatic rings. The Kier molecular flexibility index (Phi) is 8.10. The lowest BCUT2D eigenvalue weighted by Crippen LogP contribution is -2.34. The molecule has 0 bridgehead atoms. The molecule has 0 unspecified atom stereocenters. The second kappa shape index (κ2) is 11.5. The van der Waals surface area contributed by atoms with Gasteiger partial charge in [0.05, 0.1) is 10.5 Å². The topological polar surface area (TPSA) is 150 Å². The molecule has 39 heavy (non-hydrogen) atoms. The van der Waals surface area contributed by atoms with Gasteiger partial charge in [-0.05, 0) is 35.6 Å². The molecule has 0 radical (unpaired) electrons. The third kappa shape index (κ3) is 6.15. The van der Waals surface area contributed by atoms with Crippen LogP contribution in [0.1, 0.15) is 41.0 Å². The number of nitrogens with zero attached hydrogens (tertiary/aromatic N) is 2. The van der Waals surface area contributed by atoms with E-state index in [0.29, 0.717) is 18.4 Å². The molecule has 2 amide bonds. The Hall–Kier alpha value is -4.51. The number of amides is 2. The summed E-state index contributed by atoms with van der Waals surface area (Å²) in [6.45, 7) is 3.27. The van der Waals surface area contributed by atoms with E-state index < -0.39 is 34.2 Å². The molecule has 0 aliphatic heterocycles. The first-order chi connectivity index (χ1) is 18.6. The van der Waals surface area contributed by atoms with Gasteiger partial charge in [0.15, 0.2) is 6.61 Å². The number of fused-ring (bicyclic) bond motifs is 1. The first-order valence-electron chi connectivity index (χ1n) is 12.2. The van der Waals surface area contributed by atoms with E-state index in [2.05, 4.69) is 4.98 Å². The quantitative estimate of drug-likeness (QED) is 0.216. The van der Waals surface area contributed by atoms with Gasteiger partial charge in [-0.25, -0.2) is 18.1 Å². The van der Waals surface area contributed by atoms with Crippen LogP contribution in [-0.4, -0.2) is 42.0 Å². The van der Waals surface area contributed by atoms with E-state index in [0.717, 1.165) is 11.3 Å². The summed E-state index contributed by atoms with van der Waals surface area (Å²) in [5.74, 6) is -2.97. The predicted octanol–water partition coefficient (Wildman–Crippen LogP) is 2.68. The second-order valence-corrected chi connectivity index (χ2v) is 11.0. The first-order valence-corrected chi connectivity index (χ1v) is 13.7. The number of hydrogen-bond acceptors (Lipinski definition) is 7. The number of benzene rings is 2. The van der Waals surface area contributed by atoms with Gasteiger partial charge >= 0.3 is 0 Å². The van der Waals surface area contributed by atoms with E-state index in [-0.39, 0.29) is 27.8 Å². The van der Waals surface area contributed by atoms with E-state index in [4.69, 9.17) is 10.5 Å². The molecule has 2 aromatic carbocycles. The van der Waals surface area contributed by atoms with E-state index in [1.807, 2.05) is 48.9 Å². The molecule has 3 N–H and O–H groups in total. The molecule has 0 saturated carbocycles. The summed E-state index contributed by atoms with van der Waals surface area (Å²) >= 11 is 0. The highest BCUT2D eigenvalue weighted by Gasteiger charge is 2.30. The minimum Gasteiger partial charge on any atom is -0.466 e. The Morgan fingerprint density at radius 1 is 1.03 bits per heavy atom. The number of nitrogens with two attached hydrogens (primary N) is 1. The van der Waals surface area contributed by atoms with Crippen molar-refractivity contribution in [2.24, 2.45) is 11.7 Å². The van der Waals surface area contributed by atoms with Gasteiger partial charge < -0.3 is 14.9 Å². The summed E-state index contributed by atoms with van der Waals surface area (Å²) in [5, 5.41) is 0. The Morgan fingerprint density at radius 2 is 1.67 bits per heavy atom. The normalized spacial score (nSPS) is 11.5. The minimum atomic E-state index is -4.11. The zero-order valence-electron chi connectivity index (χ0n) is 21.5. The van der Waals surface area contributed by atoms with Crippen LogP contribution in [0.25, 0.3) is 5.52 Å². The Balaban J connectivity index is 1.75. The smallest absolute Gasteiger partial charge is 0.289 e. The van der Waals surface area contributed by atoms with Crippen molar-refractivity contribution in [2.45, 2.75) is 31.6 Å². The van der Waals surface area contributed by atoms with Gasteiger partial charge in [0.1, 0.15) is 5.52 Å². The number of nitrogens with one attached hydrogen (secondary N) is 1. The fourth-order valence-corrected chi connectivity index (χ4v) is 5.34. The highest BCUT2D eigenvalue weighted by Crippen LogP contribution is 2.33. The molecule has 11 heteroatoms. The lowest BCUT2D eigenvalue weighted by Gasteiger charge is -2.10. The maximum absolute atomic E-state index is 13.1. The van der Waals surface area contributed by atoms with Crippen molar-refractivity contribution in [1.29, 1.82) is 0 Å². The number of hydrogen-bond donors (Lipinski definition) is 2. The third-order valence-electron chi connectivity index (χ3n) is 5.95. The Morgan fingerprint density at radius 3 is 2.28 bits per heavy atom. The third-order valence-corrected chi connectivity index (χ3v) is 7.34. The van der Waals surface area contributed by atoms with Gasteiger partial charge in [-0.15, -0.1) is 0 Å². The number of rotatable bonds is 11. The van der Waals surface area contributed by atoms with Crippen LogP contribution >= 0.6 is 0 Å². The van der Waals surface area contributed by atoms with Gasteiger partial charge in [-0.3, -0.25) is 14.4 Å². The summed E-state index contributed by atoms with van der Waals surface area (Å²) in [7, 11) is -4.11. The van der Waals surface area contributed by atoms with Crippen LogP contribution in [0, 0.1) is 5.92 Å². The first kappa shape index (κ1) is 27.5. The van der Waals surface area contributed by atoms with Crippen molar-refractivity contribution in [3.05, 3.63) is 95.4 Å². The maximum atomic E-state index is 13.1. The minimum absolute atomic E-state index is 0.0579. The van der Waals surface area contributed by atoms with Crippen LogP contribution in [0.3, 0.4) is 0 Å². The summed E-state index contributed by atoms with van der Waals surface area (Å²) in [4.78, 5) is 41.9. The zero-order valence-corrected chi connectivity index (χ0v) is 22.3. The number of Topliss-reactive ketones (excluding diaryl/α,β-unsaturated/α-hetero) is 1. The number of ether oxygens (including phenoxy) is 1.